The van der Waals surface area contributed by atoms with E-state index in [2.05, 4.69) is 12.2 Å². The van der Waals surface area contributed by atoms with E-state index in [1.165, 1.54) is 0 Å². The van der Waals surface area contributed by atoms with Crippen LogP contribution in [-0.2, 0) is 14.3 Å². The van der Waals surface area contributed by atoms with Gasteiger partial charge in [-0.25, -0.2) is 4.79 Å². The lowest BCUT2D eigenvalue weighted by molar-refractivity contribution is -0.179. The highest BCUT2D eigenvalue weighted by atomic mass is 16.5. The number of carboxylic acids is 1. The smallest absolute Gasteiger partial charge is 0.329 e. The summed E-state index contributed by atoms with van der Waals surface area (Å²) in [6, 6.07) is 0. The maximum atomic E-state index is 12.7. The van der Waals surface area contributed by atoms with Crippen molar-refractivity contribution in [2.75, 3.05) is 32.8 Å². The highest BCUT2D eigenvalue weighted by Gasteiger charge is 2.50. The summed E-state index contributed by atoms with van der Waals surface area (Å²) in [5.41, 5.74) is -0.767. The van der Waals surface area contributed by atoms with Crippen LogP contribution in [0.4, 0.5) is 0 Å². The first kappa shape index (κ1) is 15.3. The predicted octanol–water partition coefficient (Wildman–Crippen LogP) is 0.468. The molecule has 0 spiro atoms. The molecular weight excluding hydrogens is 260 g/mol. The number of hydrogen-bond donors (Lipinski definition) is 2. The number of rotatable bonds is 6. The molecule has 2 aliphatic rings. The summed E-state index contributed by atoms with van der Waals surface area (Å²) >= 11 is 0. The maximum Gasteiger partial charge on any atom is 0.329 e. The van der Waals surface area contributed by atoms with Crippen LogP contribution in [-0.4, -0.2) is 60.3 Å². The molecule has 2 fully saturated rings. The average molecular weight is 284 g/mol. The second kappa shape index (κ2) is 5.69. The summed E-state index contributed by atoms with van der Waals surface area (Å²) in [5, 5.41) is 11.9. The quantitative estimate of drug-likeness (QED) is 0.741. The van der Waals surface area contributed by atoms with Crippen molar-refractivity contribution in [3.8, 4) is 0 Å². The van der Waals surface area contributed by atoms with Crippen LogP contribution in [0, 0.1) is 5.41 Å². The maximum absolute atomic E-state index is 12.7. The minimum absolute atomic E-state index is 0.195. The Balaban J connectivity index is 1.90. The molecule has 2 heterocycles. The molecule has 2 aliphatic heterocycles. The Morgan fingerprint density at radius 2 is 2.10 bits per heavy atom. The molecule has 0 aromatic carbocycles. The minimum atomic E-state index is -0.974. The lowest BCUT2D eigenvalue weighted by Gasteiger charge is -2.50. The third-order valence-electron chi connectivity index (χ3n) is 4.31. The van der Waals surface area contributed by atoms with E-state index < -0.39 is 11.6 Å². The SMILES string of the molecule is CCCC1(C(=O)N2CC(C)(OCC(=O)O)C2)CCNC1. The zero-order chi connectivity index (χ0) is 14.8. The van der Waals surface area contributed by atoms with Gasteiger partial charge in [-0.05, 0) is 26.3 Å². The summed E-state index contributed by atoms with van der Waals surface area (Å²) in [4.78, 5) is 25.0. The first-order valence-corrected chi connectivity index (χ1v) is 7.27. The molecule has 2 rings (SSSR count). The molecule has 114 valence electrons. The largest absolute Gasteiger partial charge is 0.480 e. The van der Waals surface area contributed by atoms with E-state index in [1.54, 1.807) is 0 Å². The molecule has 1 unspecified atom stereocenters. The summed E-state index contributed by atoms with van der Waals surface area (Å²) in [7, 11) is 0. The molecule has 1 atom stereocenters. The van der Waals surface area contributed by atoms with Crippen molar-refractivity contribution >= 4 is 11.9 Å². The average Bonchev–Trinajstić information content (AvgIpc) is 2.82. The first-order chi connectivity index (χ1) is 9.41. The number of nitrogens with zero attached hydrogens (tertiary/aromatic N) is 1. The van der Waals surface area contributed by atoms with E-state index in [0.29, 0.717) is 13.1 Å². The molecule has 2 saturated heterocycles. The number of likely N-dealkylation sites (tertiary alicyclic amines) is 1. The molecule has 0 aliphatic carbocycles. The number of carbonyl (C=O) groups excluding carboxylic acids is 1. The Kier molecular flexibility index (Phi) is 4.34. The van der Waals surface area contributed by atoms with E-state index in [9.17, 15) is 9.59 Å². The van der Waals surface area contributed by atoms with E-state index in [-0.39, 0.29) is 17.9 Å². The first-order valence-electron chi connectivity index (χ1n) is 7.27. The zero-order valence-electron chi connectivity index (χ0n) is 12.3. The molecule has 6 heteroatoms. The fraction of sp³-hybridized carbons (Fsp3) is 0.857. The van der Waals surface area contributed by atoms with Crippen LogP contribution in [0.25, 0.3) is 0 Å². The molecule has 0 bridgehead atoms. The number of amides is 1. The highest BCUT2D eigenvalue weighted by molar-refractivity contribution is 5.84. The van der Waals surface area contributed by atoms with Gasteiger partial charge in [0.05, 0.1) is 18.5 Å². The third kappa shape index (κ3) is 2.96. The fourth-order valence-electron chi connectivity index (χ4n) is 3.29. The molecule has 20 heavy (non-hydrogen) atoms. The lowest BCUT2D eigenvalue weighted by Crippen LogP contribution is -2.66. The van der Waals surface area contributed by atoms with Gasteiger partial charge in [0, 0.05) is 6.54 Å². The van der Waals surface area contributed by atoms with E-state index in [1.807, 2.05) is 11.8 Å². The van der Waals surface area contributed by atoms with Crippen molar-refractivity contribution < 1.29 is 19.4 Å². The molecule has 0 radical (unpaired) electrons. The summed E-state index contributed by atoms with van der Waals surface area (Å²) < 4.78 is 5.35. The summed E-state index contributed by atoms with van der Waals surface area (Å²) in [5.74, 6) is -0.779. The molecular formula is C14H24N2O4. The van der Waals surface area contributed by atoms with Crippen molar-refractivity contribution in [1.29, 1.82) is 0 Å². The van der Waals surface area contributed by atoms with Crippen molar-refractivity contribution in [1.82, 2.24) is 10.2 Å². The lowest BCUT2D eigenvalue weighted by atomic mass is 9.79. The highest BCUT2D eigenvalue weighted by Crippen LogP contribution is 2.37. The standard InChI is InChI=1S/C14H24N2O4/c1-3-4-14(5-6-15-8-14)12(19)16-9-13(2,10-16)20-7-11(17)18/h15H,3-10H2,1-2H3,(H,17,18). The van der Waals surface area contributed by atoms with Gasteiger partial charge < -0.3 is 20.1 Å². The van der Waals surface area contributed by atoms with Crippen LogP contribution in [0.2, 0.25) is 0 Å². The van der Waals surface area contributed by atoms with Gasteiger partial charge in [0.25, 0.3) is 0 Å². The van der Waals surface area contributed by atoms with Gasteiger partial charge >= 0.3 is 5.97 Å². The molecule has 6 nitrogen and oxygen atoms in total. The van der Waals surface area contributed by atoms with Crippen LogP contribution in [0.1, 0.15) is 33.1 Å². The second-order valence-corrected chi connectivity index (χ2v) is 6.25. The van der Waals surface area contributed by atoms with Crippen molar-refractivity contribution in [3.63, 3.8) is 0 Å². The van der Waals surface area contributed by atoms with E-state index in [4.69, 9.17) is 9.84 Å². The third-order valence-corrected chi connectivity index (χ3v) is 4.31. The van der Waals surface area contributed by atoms with Crippen molar-refractivity contribution in [2.45, 2.75) is 38.7 Å². The number of aliphatic carboxylic acids is 1. The van der Waals surface area contributed by atoms with Gasteiger partial charge in [-0.15, -0.1) is 0 Å². The number of carboxylic acid groups (broad SMARTS) is 1. The van der Waals surface area contributed by atoms with Gasteiger partial charge in [-0.3, -0.25) is 4.79 Å². The topological polar surface area (TPSA) is 78.9 Å². The molecule has 2 N–H and O–H groups in total. The number of hydrogen-bond acceptors (Lipinski definition) is 4. The molecule has 1 amide bonds. The van der Waals surface area contributed by atoms with Crippen LogP contribution < -0.4 is 5.32 Å². The van der Waals surface area contributed by atoms with Crippen molar-refractivity contribution in [3.05, 3.63) is 0 Å². The minimum Gasteiger partial charge on any atom is -0.480 e. The molecule has 0 aromatic heterocycles. The van der Waals surface area contributed by atoms with Crippen LogP contribution >= 0.6 is 0 Å². The molecule has 0 saturated carbocycles. The Morgan fingerprint density at radius 3 is 2.60 bits per heavy atom. The Labute approximate surface area is 119 Å². The van der Waals surface area contributed by atoms with E-state index in [0.717, 1.165) is 32.4 Å². The van der Waals surface area contributed by atoms with Gasteiger partial charge in [-0.1, -0.05) is 13.3 Å². The van der Waals surface area contributed by atoms with Gasteiger partial charge in [-0.2, -0.15) is 0 Å². The van der Waals surface area contributed by atoms with Crippen molar-refractivity contribution in [2.24, 2.45) is 5.41 Å². The predicted molar refractivity (Wildman–Crippen MR) is 73.4 cm³/mol. The number of nitrogens with one attached hydrogen (secondary N) is 1. The number of carbonyl (C=O) groups is 2. The van der Waals surface area contributed by atoms with Gasteiger partial charge in [0.1, 0.15) is 12.2 Å². The second-order valence-electron chi connectivity index (χ2n) is 6.25. The Bertz CT molecular complexity index is 385. The van der Waals surface area contributed by atoms with Crippen LogP contribution in [0.5, 0.6) is 0 Å². The van der Waals surface area contributed by atoms with E-state index >= 15 is 0 Å². The van der Waals surface area contributed by atoms with Crippen LogP contribution in [0.3, 0.4) is 0 Å². The Hall–Kier alpha value is -1.14. The molecule has 0 aromatic rings. The Morgan fingerprint density at radius 1 is 1.40 bits per heavy atom. The monoisotopic (exact) mass is 284 g/mol. The van der Waals surface area contributed by atoms with Gasteiger partial charge in [0.2, 0.25) is 5.91 Å². The van der Waals surface area contributed by atoms with Gasteiger partial charge in [0.15, 0.2) is 0 Å². The summed E-state index contributed by atoms with van der Waals surface area (Å²) in [6.07, 6.45) is 2.79. The van der Waals surface area contributed by atoms with Crippen LogP contribution in [0.15, 0.2) is 0 Å². The number of ether oxygens (including phenoxy) is 1. The zero-order valence-corrected chi connectivity index (χ0v) is 12.3. The summed E-state index contributed by atoms with van der Waals surface area (Å²) in [6.45, 7) is 6.28. The fourth-order valence-corrected chi connectivity index (χ4v) is 3.29. The normalized spacial score (nSPS) is 28.2.